The van der Waals surface area contributed by atoms with E-state index in [0.29, 0.717) is 25.9 Å². The number of aliphatic hydroxyl groups excluding tert-OH is 1. The van der Waals surface area contributed by atoms with Crippen molar-refractivity contribution in [1.29, 1.82) is 0 Å². The largest absolute Gasteiger partial charge is 0.479 e. The minimum Gasteiger partial charge on any atom is -0.479 e. The summed E-state index contributed by atoms with van der Waals surface area (Å²) in [6, 6.07) is -0.0570. The van der Waals surface area contributed by atoms with E-state index < -0.39 is 12.1 Å². The second-order valence-corrected chi connectivity index (χ2v) is 5.37. The van der Waals surface area contributed by atoms with Gasteiger partial charge in [0.1, 0.15) is 0 Å². The van der Waals surface area contributed by atoms with E-state index in [1.807, 2.05) is 0 Å². The van der Waals surface area contributed by atoms with E-state index in [4.69, 9.17) is 10.2 Å². The summed E-state index contributed by atoms with van der Waals surface area (Å²) in [7, 11) is 3.38. The monoisotopic (exact) mass is 301 g/mol. The van der Waals surface area contributed by atoms with Crippen LogP contribution in [-0.4, -0.2) is 77.8 Å². The fourth-order valence-corrected chi connectivity index (χ4v) is 2.22. The zero-order valence-electron chi connectivity index (χ0n) is 12.4. The molecule has 8 nitrogen and oxygen atoms in total. The maximum absolute atomic E-state index is 11.9. The topological polar surface area (TPSA) is 110 Å². The minimum absolute atomic E-state index is 0.0148. The van der Waals surface area contributed by atoms with Crippen molar-refractivity contribution in [3.8, 4) is 0 Å². The standard InChI is InChI=1S/C13H23N3O5/c1-15(2)13(21)16-7-4-9(5-8-16)11(18)14-6-3-10(17)12(19)20/h9-10,17H,3-8H2,1-2H3,(H,14,18)(H,19,20)/t10-/m0/s1. The average molecular weight is 301 g/mol. The number of hydrogen-bond acceptors (Lipinski definition) is 4. The van der Waals surface area contributed by atoms with Crippen molar-refractivity contribution in [2.45, 2.75) is 25.4 Å². The molecule has 0 spiro atoms. The van der Waals surface area contributed by atoms with Crippen LogP contribution in [0, 0.1) is 5.92 Å². The van der Waals surface area contributed by atoms with Crippen LogP contribution in [0.4, 0.5) is 4.79 Å². The molecule has 0 radical (unpaired) electrons. The average Bonchev–Trinajstić information content (AvgIpc) is 2.46. The SMILES string of the molecule is CN(C)C(=O)N1CCC(C(=O)NCC[C@H](O)C(=O)O)CC1. The maximum Gasteiger partial charge on any atom is 0.332 e. The minimum atomic E-state index is -1.45. The third-order valence-corrected chi connectivity index (χ3v) is 3.52. The van der Waals surface area contributed by atoms with Gasteiger partial charge in [0.2, 0.25) is 5.91 Å². The van der Waals surface area contributed by atoms with Gasteiger partial charge in [-0.25, -0.2) is 9.59 Å². The summed E-state index contributed by atoms with van der Waals surface area (Å²) >= 11 is 0. The van der Waals surface area contributed by atoms with E-state index >= 15 is 0 Å². The molecule has 0 aliphatic carbocycles. The van der Waals surface area contributed by atoms with Crippen molar-refractivity contribution in [1.82, 2.24) is 15.1 Å². The highest BCUT2D eigenvalue weighted by Gasteiger charge is 2.27. The molecule has 1 rings (SSSR count). The van der Waals surface area contributed by atoms with Gasteiger partial charge < -0.3 is 25.3 Å². The number of nitrogens with one attached hydrogen (secondary N) is 1. The van der Waals surface area contributed by atoms with E-state index in [2.05, 4.69) is 5.32 Å². The first-order valence-electron chi connectivity index (χ1n) is 6.97. The quantitative estimate of drug-likeness (QED) is 0.624. The van der Waals surface area contributed by atoms with Gasteiger partial charge in [-0.05, 0) is 12.8 Å². The molecule has 0 unspecified atom stereocenters. The molecule has 0 bridgehead atoms. The number of amides is 3. The number of rotatable bonds is 5. The molecular weight excluding hydrogens is 278 g/mol. The number of urea groups is 1. The first kappa shape index (κ1) is 17.2. The Bertz CT molecular complexity index is 391. The molecule has 120 valence electrons. The Kier molecular flexibility index (Phi) is 6.41. The fourth-order valence-electron chi connectivity index (χ4n) is 2.22. The molecule has 3 amide bonds. The number of aliphatic hydroxyl groups is 1. The maximum atomic E-state index is 11.9. The lowest BCUT2D eigenvalue weighted by atomic mass is 9.96. The second-order valence-electron chi connectivity index (χ2n) is 5.37. The number of carboxylic acid groups (broad SMARTS) is 1. The van der Waals surface area contributed by atoms with E-state index in [9.17, 15) is 14.4 Å². The van der Waals surface area contributed by atoms with Gasteiger partial charge in [-0.3, -0.25) is 4.79 Å². The van der Waals surface area contributed by atoms with Gasteiger partial charge in [0.15, 0.2) is 6.10 Å². The normalized spacial score (nSPS) is 17.2. The Hall–Kier alpha value is -1.83. The van der Waals surface area contributed by atoms with Crippen LogP contribution in [0.3, 0.4) is 0 Å². The highest BCUT2D eigenvalue weighted by Crippen LogP contribution is 2.18. The molecule has 0 saturated carbocycles. The van der Waals surface area contributed by atoms with Crippen LogP contribution in [-0.2, 0) is 9.59 Å². The highest BCUT2D eigenvalue weighted by atomic mass is 16.4. The number of hydrogen-bond donors (Lipinski definition) is 3. The van der Waals surface area contributed by atoms with Gasteiger partial charge in [-0.2, -0.15) is 0 Å². The molecule has 1 aliphatic heterocycles. The van der Waals surface area contributed by atoms with E-state index in [-0.39, 0.29) is 30.8 Å². The third-order valence-electron chi connectivity index (χ3n) is 3.52. The molecular formula is C13H23N3O5. The van der Waals surface area contributed by atoms with Gasteiger partial charge in [-0.15, -0.1) is 0 Å². The number of likely N-dealkylation sites (tertiary alicyclic amines) is 1. The summed E-state index contributed by atoms with van der Waals surface area (Å²) in [5.74, 6) is -1.61. The number of aliphatic carboxylic acids is 1. The van der Waals surface area contributed by atoms with Crippen molar-refractivity contribution in [3.63, 3.8) is 0 Å². The van der Waals surface area contributed by atoms with Gasteiger partial charge in [0.05, 0.1) is 0 Å². The smallest absolute Gasteiger partial charge is 0.332 e. The molecule has 0 aromatic heterocycles. The van der Waals surface area contributed by atoms with Crippen LogP contribution in [0.2, 0.25) is 0 Å². The van der Waals surface area contributed by atoms with Gasteiger partial charge in [0.25, 0.3) is 0 Å². The zero-order valence-corrected chi connectivity index (χ0v) is 12.4. The molecule has 3 N–H and O–H groups in total. The predicted molar refractivity (Wildman–Crippen MR) is 74.6 cm³/mol. The second kappa shape index (κ2) is 7.82. The van der Waals surface area contributed by atoms with Crippen LogP contribution in [0.15, 0.2) is 0 Å². The molecule has 1 saturated heterocycles. The molecule has 0 aromatic carbocycles. The third kappa shape index (κ3) is 5.22. The van der Waals surface area contributed by atoms with Crippen molar-refractivity contribution in [3.05, 3.63) is 0 Å². The molecule has 1 atom stereocenters. The summed E-state index contributed by atoms with van der Waals surface area (Å²) in [5.41, 5.74) is 0. The molecule has 1 aliphatic rings. The van der Waals surface area contributed by atoms with E-state index in [1.54, 1.807) is 19.0 Å². The molecule has 1 heterocycles. The number of nitrogens with zero attached hydrogens (tertiary/aromatic N) is 2. The van der Waals surface area contributed by atoms with Crippen LogP contribution in [0.25, 0.3) is 0 Å². The lowest BCUT2D eigenvalue weighted by Crippen LogP contribution is -2.46. The zero-order chi connectivity index (χ0) is 16.0. The van der Waals surface area contributed by atoms with Crippen molar-refractivity contribution in [2.75, 3.05) is 33.7 Å². The number of carbonyl (C=O) groups is 3. The van der Waals surface area contributed by atoms with Crippen LogP contribution in [0.5, 0.6) is 0 Å². The summed E-state index contributed by atoms with van der Waals surface area (Å²) in [5, 5.41) is 20.2. The summed E-state index contributed by atoms with van der Waals surface area (Å²) < 4.78 is 0. The summed E-state index contributed by atoms with van der Waals surface area (Å²) in [6.45, 7) is 1.20. The first-order chi connectivity index (χ1) is 9.82. The van der Waals surface area contributed by atoms with Crippen molar-refractivity contribution < 1.29 is 24.6 Å². The Morgan fingerprint density at radius 1 is 1.29 bits per heavy atom. The van der Waals surface area contributed by atoms with Gasteiger partial charge in [-0.1, -0.05) is 0 Å². The Morgan fingerprint density at radius 2 is 1.86 bits per heavy atom. The van der Waals surface area contributed by atoms with Crippen LogP contribution in [0.1, 0.15) is 19.3 Å². The van der Waals surface area contributed by atoms with E-state index in [1.165, 1.54) is 4.90 Å². The summed E-state index contributed by atoms with van der Waals surface area (Å²) in [6.07, 6.45) is -0.288. The van der Waals surface area contributed by atoms with Crippen LogP contribution >= 0.6 is 0 Å². The fraction of sp³-hybridized carbons (Fsp3) is 0.769. The summed E-state index contributed by atoms with van der Waals surface area (Å²) in [4.78, 5) is 37.3. The lowest BCUT2D eigenvalue weighted by Gasteiger charge is -2.33. The molecule has 8 heteroatoms. The Morgan fingerprint density at radius 3 is 2.33 bits per heavy atom. The van der Waals surface area contributed by atoms with Crippen molar-refractivity contribution >= 4 is 17.9 Å². The van der Waals surface area contributed by atoms with E-state index in [0.717, 1.165) is 0 Å². The van der Waals surface area contributed by atoms with Gasteiger partial charge in [0, 0.05) is 46.1 Å². The predicted octanol–water partition coefficient (Wildman–Crippen LogP) is -0.668. The highest BCUT2D eigenvalue weighted by molar-refractivity contribution is 5.79. The van der Waals surface area contributed by atoms with Crippen LogP contribution < -0.4 is 5.32 Å². The molecule has 1 fully saturated rings. The Balaban J connectivity index is 2.29. The lowest BCUT2D eigenvalue weighted by molar-refractivity contribution is -0.147. The first-order valence-corrected chi connectivity index (χ1v) is 6.97. The molecule has 21 heavy (non-hydrogen) atoms. The number of piperidine rings is 1. The van der Waals surface area contributed by atoms with Crippen molar-refractivity contribution in [2.24, 2.45) is 5.92 Å². The molecule has 0 aromatic rings. The Labute approximate surface area is 123 Å². The number of carboxylic acids is 1. The number of carbonyl (C=O) groups excluding carboxylic acids is 2. The van der Waals surface area contributed by atoms with Gasteiger partial charge >= 0.3 is 12.0 Å².